The fourth-order valence-electron chi connectivity index (χ4n) is 4.18. The van der Waals surface area contributed by atoms with Crippen LogP contribution in [-0.4, -0.2) is 0 Å². The van der Waals surface area contributed by atoms with Gasteiger partial charge in [-0.1, -0.05) is 73.6 Å². The molecule has 0 nitrogen and oxygen atoms in total. The number of rotatable bonds is 5. The lowest BCUT2D eigenvalue weighted by Gasteiger charge is -2.23. The van der Waals surface area contributed by atoms with Crippen molar-refractivity contribution in [2.75, 3.05) is 0 Å². The van der Waals surface area contributed by atoms with Gasteiger partial charge < -0.3 is 0 Å². The van der Waals surface area contributed by atoms with Gasteiger partial charge in [-0.15, -0.1) is 0 Å². The topological polar surface area (TPSA) is 0 Å². The van der Waals surface area contributed by atoms with Crippen molar-refractivity contribution in [2.45, 2.75) is 53.9 Å². The number of hydrogen-bond donors (Lipinski definition) is 0. The predicted octanol–water partition coefficient (Wildman–Crippen LogP) is 7.04. The van der Waals surface area contributed by atoms with Gasteiger partial charge in [0.2, 0.25) is 0 Å². The Kier molecular flexibility index (Phi) is 6.18. The average Bonchev–Trinajstić information content (AvgIpc) is 2.59. The smallest absolute Gasteiger partial charge is 0.00245 e. The third-order valence-electron chi connectivity index (χ3n) is 5.50. The van der Waals surface area contributed by atoms with Crippen molar-refractivity contribution < 1.29 is 0 Å². The minimum Gasteiger partial charge on any atom is -0.0663 e. The van der Waals surface area contributed by atoms with E-state index >= 15 is 0 Å². The summed E-state index contributed by atoms with van der Waals surface area (Å²) in [4.78, 5) is 0. The maximum atomic E-state index is 2.34. The zero-order valence-corrected chi connectivity index (χ0v) is 18.5. The summed E-state index contributed by atoms with van der Waals surface area (Å²) in [5, 5.41) is 1.51. The molecule has 0 bridgehead atoms. The third-order valence-corrected chi connectivity index (χ3v) is 7.92. The summed E-state index contributed by atoms with van der Waals surface area (Å²) in [5.74, 6) is 0. The summed E-state index contributed by atoms with van der Waals surface area (Å²) in [6, 6.07) is 20.5. The Labute approximate surface area is 166 Å². The first-order chi connectivity index (χ1) is 12.8. The van der Waals surface area contributed by atoms with Gasteiger partial charge in [-0.2, -0.15) is 0 Å². The van der Waals surface area contributed by atoms with Gasteiger partial charge in [-0.3, -0.25) is 0 Å². The van der Waals surface area contributed by atoms with E-state index < -0.39 is 0 Å². The van der Waals surface area contributed by atoms with Gasteiger partial charge in [-0.05, 0) is 92.6 Å². The highest BCUT2D eigenvalue weighted by Gasteiger charge is 2.17. The summed E-state index contributed by atoms with van der Waals surface area (Å²) < 4.78 is 0. The van der Waals surface area contributed by atoms with Crippen LogP contribution in [0.4, 0.5) is 0 Å². The molecule has 0 unspecified atom stereocenters. The first kappa shape index (κ1) is 19.8. The van der Waals surface area contributed by atoms with Gasteiger partial charge in [0.25, 0.3) is 0 Å². The van der Waals surface area contributed by atoms with Gasteiger partial charge in [0, 0.05) is 0 Å². The van der Waals surface area contributed by atoms with E-state index in [4.69, 9.17) is 0 Å². The summed E-state index contributed by atoms with van der Waals surface area (Å²) in [5.41, 5.74) is 11.6. The van der Waals surface area contributed by atoms with Crippen LogP contribution in [0.2, 0.25) is 0 Å². The van der Waals surface area contributed by atoms with Gasteiger partial charge in [0.1, 0.15) is 0 Å². The normalized spacial score (nSPS) is 11.2. The van der Waals surface area contributed by atoms with Crippen molar-refractivity contribution in [3.05, 3.63) is 99.1 Å². The van der Waals surface area contributed by atoms with Gasteiger partial charge >= 0.3 is 0 Å². The molecule has 0 saturated carbocycles. The van der Waals surface area contributed by atoms with E-state index in [9.17, 15) is 0 Å². The van der Waals surface area contributed by atoms with Gasteiger partial charge in [-0.25, -0.2) is 0 Å². The summed E-state index contributed by atoms with van der Waals surface area (Å²) >= 11 is 0. The van der Waals surface area contributed by atoms with Crippen LogP contribution in [0, 0.1) is 41.5 Å². The monoisotopic (exact) mass is 374 g/mol. The highest BCUT2D eigenvalue weighted by Crippen LogP contribution is 2.45. The van der Waals surface area contributed by atoms with Crippen LogP contribution in [-0.2, 0) is 12.3 Å². The lowest BCUT2D eigenvalue weighted by Crippen LogP contribution is -2.08. The Morgan fingerprint density at radius 2 is 0.926 bits per heavy atom. The lowest BCUT2D eigenvalue weighted by atomic mass is 10.0. The van der Waals surface area contributed by atoms with Crippen LogP contribution in [0.15, 0.2) is 54.6 Å². The Balaban J connectivity index is 2.01. The number of benzene rings is 3. The van der Waals surface area contributed by atoms with Crippen LogP contribution in [0.3, 0.4) is 0 Å². The maximum Gasteiger partial charge on any atom is -0.00245 e. The van der Waals surface area contributed by atoms with E-state index in [0.29, 0.717) is 0 Å². The second kappa shape index (κ2) is 8.41. The Morgan fingerprint density at radius 1 is 0.556 bits per heavy atom. The molecule has 3 rings (SSSR count). The predicted molar refractivity (Wildman–Crippen MR) is 122 cm³/mol. The minimum atomic E-state index is -0.292. The summed E-state index contributed by atoms with van der Waals surface area (Å²) in [7, 11) is -0.292. The average molecular weight is 375 g/mol. The second-order valence-corrected chi connectivity index (χ2v) is 10.2. The van der Waals surface area contributed by atoms with Crippen molar-refractivity contribution in [2.24, 2.45) is 0 Å². The minimum absolute atomic E-state index is 0.292. The third kappa shape index (κ3) is 4.69. The molecule has 0 amide bonds. The van der Waals surface area contributed by atoms with Crippen molar-refractivity contribution in [3.63, 3.8) is 0 Å². The lowest BCUT2D eigenvalue weighted by molar-refractivity contribution is 1.18. The Bertz CT molecular complexity index is 832. The highest BCUT2D eigenvalue weighted by atomic mass is 31.1. The van der Waals surface area contributed by atoms with Crippen LogP contribution >= 0.6 is 7.92 Å². The Morgan fingerprint density at radius 3 is 1.30 bits per heavy atom. The fraction of sp³-hybridized carbons (Fsp3) is 0.308. The van der Waals surface area contributed by atoms with Crippen molar-refractivity contribution in [1.82, 2.24) is 0 Å². The zero-order chi connectivity index (χ0) is 19.6. The number of aryl methyl sites for hydroxylation is 6. The highest BCUT2D eigenvalue weighted by molar-refractivity contribution is 7.64. The molecule has 0 atom stereocenters. The summed E-state index contributed by atoms with van der Waals surface area (Å²) in [6.45, 7) is 13.5. The fourth-order valence-corrected chi connectivity index (χ4v) is 7.01. The SMILES string of the molecule is Cc1cc(C)c(CP(Cc2c(C)cc(C)cc2C)c2ccccc2)c(C)c1. The van der Waals surface area contributed by atoms with Gasteiger partial charge in [0.15, 0.2) is 0 Å². The zero-order valence-electron chi connectivity index (χ0n) is 17.6. The number of hydrogen-bond acceptors (Lipinski definition) is 0. The molecule has 3 aromatic rings. The van der Waals surface area contributed by atoms with Crippen molar-refractivity contribution >= 4 is 13.2 Å². The van der Waals surface area contributed by atoms with Crippen molar-refractivity contribution in [1.29, 1.82) is 0 Å². The van der Waals surface area contributed by atoms with Crippen LogP contribution < -0.4 is 5.30 Å². The van der Waals surface area contributed by atoms with E-state index in [1.165, 1.54) is 49.8 Å². The van der Waals surface area contributed by atoms with E-state index in [1.54, 1.807) is 0 Å². The summed E-state index contributed by atoms with van der Waals surface area (Å²) in [6.07, 6.45) is 2.31. The molecule has 0 heterocycles. The molecule has 3 aromatic carbocycles. The quantitative estimate of drug-likeness (QED) is 0.420. The molecule has 0 radical (unpaired) electrons. The van der Waals surface area contributed by atoms with E-state index in [1.807, 2.05) is 0 Å². The van der Waals surface area contributed by atoms with Crippen LogP contribution in [0.1, 0.15) is 44.5 Å². The molecule has 0 spiro atoms. The molecule has 140 valence electrons. The van der Waals surface area contributed by atoms with E-state index in [-0.39, 0.29) is 7.92 Å². The largest absolute Gasteiger partial charge is 0.0663 e. The molecule has 0 aliphatic rings. The van der Waals surface area contributed by atoms with E-state index in [0.717, 1.165) is 12.3 Å². The molecule has 0 aliphatic carbocycles. The molecular formula is C26H31P. The Hall–Kier alpha value is -1.91. The van der Waals surface area contributed by atoms with Crippen LogP contribution in [0.25, 0.3) is 0 Å². The molecule has 1 heteroatoms. The standard InChI is InChI=1S/C26H31P/c1-18-12-20(3)25(21(4)13-18)16-27(24-10-8-7-9-11-24)17-26-22(5)14-19(2)15-23(26)6/h7-15H,16-17H2,1-6H3. The van der Waals surface area contributed by atoms with Crippen molar-refractivity contribution in [3.8, 4) is 0 Å². The first-order valence-electron chi connectivity index (χ1n) is 9.78. The molecule has 0 aliphatic heterocycles. The molecule has 0 aromatic heterocycles. The molecule has 0 fully saturated rings. The molecule has 27 heavy (non-hydrogen) atoms. The maximum absolute atomic E-state index is 2.34. The molecule has 0 N–H and O–H groups in total. The van der Waals surface area contributed by atoms with Gasteiger partial charge in [0.05, 0.1) is 0 Å². The second-order valence-electron chi connectivity index (χ2n) is 7.95. The van der Waals surface area contributed by atoms with E-state index in [2.05, 4.69) is 96.1 Å². The first-order valence-corrected chi connectivity index (χ1v) is 11.5. The van der Waals surface area contributed by atoms with Crippen LogP contribution in [0.5, 0.6) is 0 Å². The molecule has 0 saturated heterocycles. The molecular weight excluding hydrogens is 343 g/mol.